The fraction of sp³-hybridized carbons (Fsp3) is 0. The van der Waals surface area contributed by atoms with E-state index in [1.54, 1.807) is 18.5 Å². The number of nitrogens with zero attached hydrogens (tertiary/aromatic N) is 3. The summed E-state index contributed by atoms with van der Waals surface area (Å²) in [5.74, 6) is 1.26. The molecule has 94 valence electrons. The van der Waals surface area contributed by atoms with Crippen molar-refractivity contribution in [1.29, 1.82) is 0 Å². The number of hydrogen-bond donors (Lipinski definition) is 1. The van der Waals surface area contributed by atoms with Crippen LogP contribution in [0.4, 0.5) is 5.82 Å². The molecule has 0 saturated heterocycles. The fourth-order valence-corrected chi connectivity index (χ4v) is 2.03. The summed E-state index contributed by atoms with van der Waals surface area (Å²) in [5, 5.41) is 3.80. The van der Waals surface area contributed by atoms with Gasteiger partial charge >= 0.3 is 0 Å². The molecule has 0 bridgehead atoms. The van der Waals surface area contributed by atoms with E-state index >= 15 is 0 Å². The van der Waals surface area contributed by atoms with Crippen LogP contribution < -0.4 is 5.73 Å². The molecule has 0 unspecified atom stereocenters. The second kappa shape index (κ2) is 4.81. The third-order valence-corrected chi connectivity index (χ3v) is 3.15. The molecular weight excluding hydrogens is 308 g/mol. The Morgan fingerprint density at radius 3 is 2.42 bits per heavy atom. The molecule has 0 radical (unpaired) electrons. The lowest BCUT2D eigenvalue weighted by Crippen LogP contribution is -1.91. The summed E-state index contributed by atoms with van der Waals surface area (Å²) in [6.07, 6.45) is 3.29. The Bertz CT molecular complexity index is 694. The van der Waals surface area contributed by atoms with E-state index in [0.29, 0.717) is 23.0 Å². The van der Waals surface area contributed by atoms with Crippen LogP contribution in [0, 0.1) is 0 Å². The summed E-state index contributed by atoms with van der Waals surface area (Å²) in [5.41, 5.74) is 7.49. The summed E-state index contributed by atoms with van der Waals surface area (Å²) in [6.45, 7) is 0. The highest BCUT2D eigenvalue weighted by atomic mass is 79.9. The number of rotatable bonds is 2. The normalized spacial score (nSPS) is 10.6. The zero-order valence-electron chi connectivity index (χ0n) is 9.75. The minimum atomic E-state index is 0.324. The van der Waals surface area contributed by atoms with Crippen LogP contribution in [0.1, 0.15) is 0 Å². The minimum Gasteiger partial charge on any atom is -0.380 e. The van der Waals surface area contributed by atoms with Crippen molar-refractivity contribution >= 4 is 21.7 Å². The molecule has 0 spiro atoms. The van der Waals surface area contributed by atoms with Gasteiger partial charge in [0.25, 0.3) is 0 Å². The highest BCUT2D eigenvalue weighted by Gasteiger charge is 2.19. The Hall–Kier alpha value is -2.21. The van der Waals surface area contributed by atoms with Gasteiger partial charge in [-0.05, 0) is 23.8 Å². The van der Waals surface area contributed by atoms with E-state index in [-0.39, 0.29) is 0 Å². The quantitative estimate of drug-likeness (QED) is 0.785. The number of anilines is 1. The molecule has 0 atom stereocenters. The van der Waals surface area contributed by atoms with Crippen LogP contribution in [0.5, 0.6) is 0 Å². The van der Waals surface area contributed by atoms with E-state index in [2.05, 4.69) is 31.1 Å². The lowest BCUT2D eigenvalue weighted by molar-refractivity contribution is 0.433. The minimum absolute atomic E-state index is 0.324. The fourth-order valence-electron chi connectivity index (χ4n) is 1.77. The maximum absolute atomic E-state index is 5.88. The molecule has 5 nitrogen and oxygen atoms in total. The molecule has 6 heteroatoms. The van der Waals surface area contributed by atoms with Crippen molar-refractivity contribution in [2.75, 3.05) is 5.73 Å². The number of nitrogens with two attached hydrogens (primary N) is 1. The molecule has 0 fully saturated rings. The van der Waals surface area contributed by atoms with Gasteiger partial charge in [0.1, 0.15) is 0 Å². The Balaban J connectivity index is 2.17. The van der Waals surface area contributed by atoms with Gasteiger partial charge in [-0.1, -0.05) is 33.2 Å². The average Bonchev–Trinajstić information content (AvgIpc) is 2.83. The van der Waals surface area contributed by atoms with Crippen LogP contribution >= 0.6 is 15.9 Å². The first-order valence-electron chi connectivity index (χ1n) is 5.54. The molecule has 2 N–H and O–H groups in total. The molecule has 2 heterocycles. The number of hydrogen-bond acceptors (Lipinski definition) is 5. The smallest absolute Gasteiger partial charge is 0.214 e. The van der Waals surface area contributed by atoms with Crippen molar-refractivity contribution < 1.29 is 4.52 Å². The maximum Gasteiger partial charge on any atom is 0.214 e. The molecule has 0 aliphatic heterocycles. The zero-order valence-corrected chi connectivity index (χ0v) is 11.3. The molecule has 0 aliphatic carbocycles. The van der Waals surface area contributed by atoms with Crippen molar-refractivity contribution in [3.8, 4) is 22.7 Å². The third kappa shape index (κ3) is 2.22. The molecule has 0 amide bonds. The summed E-state index contributed by atoms with van der Waals surface area (Å²) in [6, 6.07) is 9.45. The van der Waals surface area contributed by atoms with Gasteiger partial charge in [-0.25, -0.2) is 9.97 Å². The van der Waals surface area contributed by atoms with E-state index in [0.717, 1.165) is 10.0 Å². The van der Waals surface area contributed by atoms with Crippen LogP contribution in [0.15, 0.2) is 51.7 Å². The largest absolute Gasteiger partial charge is 0.380 e. The van der Waals surface area contributed by atoms with Gasteiger partial charge in [0.2, 0.25) is 5.76 Å². The highest BCUT2D eigenvalue weighted by Crippen LogP contribution is 2.35. The zero-order chi connectivity index (χ0) is 13.2. The maximum atomic E-state index is 5.88. The van der Waals surface area contributed by atoms with Crippen LogP contribution in [-0.4, -0.2) is 15.1 Å². The topological polar surface area (TPSA) is 77.8 Å². The molecular formula is C13H9BrN4O. The summed E-state index contributed by atoms with van der Waals surface area (Å²) < 4.78 is 6.24. The van der Waals surface area contributed by atoms with E-state index < -0.39 is 0 Å². The highest BCUT2D eigenvalue weighted by molar-refractivity contribution is 9.10. The lowest BCUT2D eigenvalue weighted by atomic mass is 10.1. The van der Waals surface area contributed by atoms with Crippen LogP contribution in [-0.2, 0) is 0 Å². The van der Waals surface area contributed by atoms with Crippen LogP contribution in [0.3, 0.4) is 0 Å². The predicted molar refractivity (Wildman–Crippen MR) is 75.1 cm³/mol. The number of aromatic nitrogens is 3. The van der Waals surface area contributed by atoms with Crippen molar-refractivity contribution in [1.82, 2.24) is 15.1 Å². The standard InChI is InChI=1S/C13H9BrN4O/c14-9-4-2-8(3-5-9)10-11(19-18-12(10)15)13-16-6-1-7-17-13/h1-7H,(H2,15,18). The van der Waals surface area contributed by atoms with Crippen molar-refractivity contribution in [3.63, 3.8) is 0 Å². The molecule has 1 aromatic carbocycles. The van der Waals surface area contributed by atoms with Crippen molar-refractivity contribution in [3.05, 3.63) is 47.2 Å². The summed E-state index contributed by atoms with van der Waals surface area (Å²) >= 11 is 3.40. The molecule has 0 saturated carbocycles. The van der Waals surface area contributed by atoms with Crippen LogP contribution in [0.25, 0.3) is 22.7 Å². The first-order chi connectivity index (χ1) is 9.25. The molecule has 19 heavy (non-hydrogen) atoms. The van der Waals surface area contributed by atoms with E-state index in [9.17, 15) is 0 Å². The first kappa shape index (κ1) is 11.9. The van der Waals surface area contributed by atoms with Gasteiger partial charge in [0.05, 0.1) is 5.56 Å². The van der Waals surface area contributed by atoms with E-state index in [1.165, 1.54) is 0 Å². The number of benzene rings is 1. The molecule has 0 aliphatic rings. The number of halogens is 1. The van der Waals surface area contributed by atoms with Gasteiger partial charge in [0.15, 0.2) is 11.6 Å². The van der Waals surface area contributed by atoms with Crippen LogP contribution in [0.2, 0.25) is 0 Å². The van der Waals surface area contributed by atoms with Gasteiger partial charge in [-0.15, -0.1) is 0 Å². The number of nitrogen functional groups attached to an aromatic ring is 1. The van der Waals surface area contributed by atoms with Crippen molar-refractivity contribution in [2.45, 2.75) is 0 Å². The lowest BCUT2D eigenvalue weighted by Gasteiger charge is -2.01. The second-order valence-electron chi connectivity index (χ2n) is 3.85. The third-order valence-electron chi connectivity index (χ3n) is 2.62. The molecule has 3 aromatic rings. The Morgan fingerprint density at radius 1 is 1.05 bits per heavy atom. The van der Waals surface area contributed by atoms with Crippen molar-refractivity contribution in [2.24, 2.45) is 0 Å². The summed E-state index contributed by atoms with van der Waals surface area (Å²) in [4.78, 5) is 8.31. The Labute approximate surface area is 117 Å². The monoisotopic (exact) mass is 316 g/mol. The van der Waals surface area contributed by atoms with Gasteiger partial charge in [0, 0.05) is 16.9 Å². The first-order valence-corrected chi connectivity index (χ1v) is 6.33. The van der Waals surface area contributed by atoms with Gasteiger partial charge < -0.3 is 10.3 Å². The van der Waals surface area contributed by atoms with Gasteiger partial charge in [-0.2, -0.15) is 0 Å². The van der Waals surface area contributed by atoms with E-state index in [4.69, 9.17) is 10.3 Å². The van der Waals surface area contributed by atoms with Gasteiger partial charge in [-0.3, -0.25) is 0 Å². The SMILES string of the molecule is Nc1noc(-c2ncccn2)c1-c1ccc(Br)cc1. The molecule has 2 aromatic heterocycles. The second-order valence-corrected chi connectivity index (χ2v) is 4.77. The average molecular weight is 317 g/mol. The Kier molecular flexibility index (Phi) is 3.00. The molecule has 3 rings (SSSR count). The van der Waals surface area contributed by atoms with E-state index in [1.807, 2.05) is 24.3 Å². The Morgan fingerprint density at radius 2 is 1.74 bits per heavy atom. The predicted octanol–water partition coefficient (Wildman–Crippen LogP) is 3.14. The summed E-state index contributed by atoms with van der Waals surface area (Å²) in [7, 11) is 0.